The maximum Gasteiger partial charge on any atom is 0.231 e. The van der Waals surface area contributed by atoms with E-state index in [0.29, 0.717) is 11.7 Å². The average Bonchev–Trinajstić information content (AvgIpc) is 3.23. The molecule has 2 aliphatic rings. The van der Waals surface area contributed by atoms with Gasteiger partial charge in [-0.25, -0.2) is 0 Å². The molecule has 2 unspecified atom stereocenters. The second-order valence-corrected chi connectivity index (χ2v) is 5.79. The number of carbonyl (C=O) groups excluding carboxylic acids is 1. The molecule has 0 aromatic heterocycles. The molecule has 0 bridgehead atoms. The molecule has 0 radical (unpaired) electrons. The fourth-order valence-electron chi connectivity index (χ4n) is 3.01. The first-order valence-electron chi connectivity index (χ1n) is 7.46. The Balaban J connectivity index is 1.49. The lowest BCUT2D eigenvalue weighted by atomic mass is 10.1. The molecule has 2 aromatic rings. The molecular formula is C18H17NO3. The Kier molecular flexibility index (Phi) is 3.03. The number of hydrogen-bond donors (Lipinski definition) is 0. The Morgan fingerprint density at radius 1 is 1.09 bits per heavy atom. The fourth-order valence-corrected chi connectivity index (χ4v) is 3.01. The van der Waals surface area contributed by atoms with Crippen LogP contribution in [0.15, 0.2) is 48.5 Å². The Morgan fingerprint density at radius 3 is 2.68 bits per heavy atom. The monoisotopic (exact) mass is 295 g/mol. The van der Waals surface area contributed by atoms with Crippen LogP contribution in [0.3, 0.4) is 0 Å². The van der Waals surface area contributed by atoms with Crippen LogP contribution in [-0.2, 0) is 4.79 Å². The molecule has 1 aliphatic heterocycles. The van der Waals surface area contributed by atoms with Crippen LogP contribution in [0.5, 0.6) is 11.5 Å². The first-order valence-corrected chi connectivity index (χ1v) is 7.46. The third-order valence-corrected chi connectivity index (χ3v) is 4.41. The zero-order valence-electron chi connectivity index (χ0n) is 12.4. The van der Waals surface area contributed by atoms with Crippen molar-refractivity contribution in [1.29, 1.82) is 0 Å². The van der Waals surface area contributed by atoms with Crippen LogP contribution in [0.1, 0.15) is 17.9 Å². The van der Waals surface area contributed by atoms with E-state index >= 15 is 0 Å². The minimum Gasteiger partial charge on any atom is -0.454 e. The highest BCUT2D eigenvalue weighted by Crippen LogP contribution is 2.48. The van der Waals surface area contributed by atoms with Gasteiger partial charge in [0, 0.05) is 24.7 Å². The van der Waals surface area contributed by atoms with Crippen LogP contribution in [0.2, 0.25) is 0 Å². The largest absolute Gasteiger partial charge is 0.454 e. The zero-order valence-corrected chi connectivity index (χ0v) is 12.4. The van der Waals surface area contributed by atoms with Crippen LogP contribution in [0.25, 0.3) is 0 Å². The SMILES string of the molecule is CN(C(=O)C1CC1c1ccccc1)c1ccc2c(c1)OCO2. The van der Waals surface area contributed by atoms with E-state index in [1.54, 1.807) is 4.90 Å². The minimum absolute atomic E-state index is 0.0813. The van der Waals surface area contributed by atoms with E-state index in [2.05, 4.69) is 12.1 Å². The molecule has 0 saturated heterocycles. The van der Waals surface area contributed by atoms with Crippen molar-refractivity contribution in [2.24, 2.45) is 5.92 Å². The lowest BCUT2D eigenvalue weighted by Gasteiger charge is -2.18. The van der Waals surface area contributed by atoms with Gasteiger partial charge in [0.05, 0.1) is 0 Å². The number of nitrogens with zero attached hydrogens (tertiary/aromatic N) is 1. The minimum atomic E-state index is 0.0813. The van der Waals surface area contributed by atoms with Gasteiger partial charge in [-0.2, -0.15) is 0 Å². The fraction of sp³-hybridized carbons (Fsp3) is 0.278. The third-order valence-electron chi connectivity index (χ3n) is 4.41. The number of rotatable bonds is 3. The van der Waals surface area contributed by atoms with Crippen molar-refractivity contribution in [2.45, 2.75) is 12.3 Å². The summed E-state index contributed by atoms with van der Waals surface area (Å²) >= 11 is 0. The molecule has 1 fully saturated rings. The van der Waals surface area contributed by atoms with Crippen LogP contribution in [0.4, 0.5) is 5.69 Å². The summed E-state index contributed by atoms with van der Waals surface area (Å²) in [5.41, 5.74) is 2.09. The number of fused-ring (bicyclic) bond motifs is 1. The standard InChI is InChI=1S/C18H17NO3/c1-19(13-7-8-16-17(9-13)22-11-21-16)18(20)15-10-14(15)12-5-3-2-4-6-12/h2-9,14-15H,10-11H2,1H3. The van der Waals surface area contributed by atoms with Crippen LogP contribution in [-0.4, -0.2) is 19.7 Å². The normalized spacial score (nSPS) is 21.5. The number of anilines is 1. The Bertz CT molecular complexity index is 714. The van der Waals surface area contributed by atoms with Crippen LogP contribution in [0, 0.1) is 5.92 Å². The molecule has 0 spiro atoms. The van der Waals surface area contributed by atoms with Gasteiger partial charge >= 0.3 is 0 Å². The second-order valence-electron chi connectivity index (χ2n) is 5.79. The molecule has 0 N–H and O–H groups in total. The van der Waals surface area contributed by atoms with Gasteiger partial charge < -0.3 is 14.4 Å². The van der Waals surface area contributed by atoms with Crippen molar-refractivity contribution in [3.8, 4) is 11.5 Å². The first-order chi connectivity index (χ1) is 10.7. The van der Waals surface area contributed by atoms with Gasteiger partial charge in [0.15, 0.2) is 11.5 Å². The number of hydrogen-bond acceptors (Lipinski definition) is 3. The van der Waals surface area contributed by atoms with Gasteiger partial charge in [-0.1, -0.05) is 30.3 Å². The van der Waals surface area contributed by atoms with Crippen molar-refractivity contribution in [1.82, 2.24) is 0 Å². The zero-order chi connectivity index (χ0) is 15.1. The molecule has 22 heavy (non-hydrogen) atoms. The Hall–Kier alpha value is -2.49. The summed E-state index contributed by atoms with van der Waals surface area (Å²) in [6.45, 7) is 0.245. The van der Waals surface area contributed by atoms with E-state index in [1.165, 1.54) is 5.56 Å². The van der Waals surface area contributed by atoms with Gasteiger partial charge in [0.1, 0.15) is 0 Å². The topological polar surface area (TPSA) is 38.8 Å². The second kappa shape index (κ2) is 5.05. The highest BCUT2D eigenvalue weighted by molar-refractivity contribution is 5.97. The van der Waals surface area contributed by atoms with Crippen molar-refractivity contribution < 1.29 is 14.3 Å². The van der Waals surface area contributed by atoms with E-state index in [9.17, 15) is 4.79 Å². The molecular weight excluding hydrogens is 278 g/mol. The van der Waals surface area contributed by atoms with E-state index in [0.717, 1.165) is 17.9 Å². The van der Waals surface area contributed by atoms with Gasteiger partial charge in [-0.15, -0.1) is 0 Å². The molecule has 1 aliphatic carbocycles. The number of amides is 1. The summed E-state index contributed by atoms with van der Waals surface area (Å²) < 4.78 is 10.7. The molecule has 112 valence electrons. The van der Waals surface area contributed by atoms with Crippen molar-refractivity contribution in [3.63, 3.8) is 0 Å². The highest BCUT2D eigenvalue weighted by atomic mass is 16.7. The molecule has 4 rings (SSSR count). The maximum atomic E-state index is 12.6. The summed E-state index contributed by atoms with van der Waals surface area (Å²) in [4.78, 5) is 14.4. The van der Waals surface area contributed by atoms with Crippen molar-refractivity contribution >= 4 is 11.6 Å². The van der Waals surface area contributed by atoms with Gasteiger partial charge in [0.2, 0.25) is 12.7 Å². The maximum absolute atomic E-state index is 12.6. The summed E-state index contributed by atoms with van der Waals surface area (Å²) in [6.07, 6.45) is 0.928. The van der Waals surface area contributed by atoms with E-state index in [-0.39, 0.29) is 18.6 Å². The van der Waals surface area contributed by atoms with E-state index in [1.807, 2.05) is 43.4 Å². The smallest absolute Gasteiger partial charge is 0.231 e. The quantitative estimate of drug-likeness (QED) is 0.873. The molecule has 2 atom stereocenters. The molecule has 2 aromatic carbocycles. The highest BCUT2D eigenvalue weighted by Gasteiger charge is 2.45. The van der Waals surface area contributed by atoms with Gasteiger partial charge in [-0.3, -0.25) is 4.79 Å². The predicted octanol–water partition coefficient (Wildman–Crippen LogP) is 3.18. The summed E-state index contributed by atoms with van der Waals surface area (Å²) in [7, 11) is 1.82. The Labute approximate surface area is 129 Å². The summed E-state index contributed by atoms with van der Waals surface area (Å²) in [5.74, 6) is 2.03. The number of carbonyl (C=O) groups is 1. The lowest BCUT2D eigenvalue weighted by molar-refractivity contribution is -0.119. The lowest BCUT2D eigenvalue weighted by Crippen LogP contribution is -2.28. The van der Waals surface area contributed by atoms with Crippen LogP contribution >= 0.6 is 0 Å². The molecule has 4 nitrogen and oxygen atoms in total. The first kappa shape index (κ1) is 13.2. The predicted molar refractivity (Wildman–Crippen MR) is 83.3 cm³/mol. The number of ether oxygens (including phenoxy) is 2. The summed E-state index contributed by atoms with van der Waals surface area (Å²) in [6, 6.07) is 15.8. The number of benzene rings is 2. The Morgan fingerprint density at radius 2 is 1.86 bits per heavy atom. The third kappa shape index (κ3) is 2.21. The van der Waals surface area contributed by atoms with Gasteiger partial charge in [0.25, 0.3) is 0 Å². The van der Waals surface area contributed by atoms with Crippen molar-refractivity contribution in [3.05, 3.63) is 54.1 Å². The van der Waals surface area contributed by atoms with Crippen LogP contribution < -0.4 is 14.4 Å². The summed E-state index contributed by atoms with van der Waals surface area (Å²) in [5, 5.41) is 0. The average molecular weight is 295 g/mol. The van der Waals surface area contributed by atoms with E-state index in [4.69, 9.17) is 9.47 Å². The molecule has 1 amide bonds. The molecule has 1 heterocycles. The van der Waals surface area contributed by atoms with Gasteiger partial charge in [-0.05, 0) is 30.0 Å². The van der Waals surface area contributed by atoms with E-state index < -0.39 is 0 Å². The van der Waals surface area contributed by atoms with Crippen molar-refractivity contribution in [2.75, 3.05) is 18.7 Å². The molecule has 1 saturated carbocycles. The molecule has 4 heteroatoms.